The van der Waals surface area contributed by atoms with Crippen LogP contribution in [-0.4, -0.2) is 50.3 Å². The van der Waals surface area contributed by atoms with Crippen molar-refractivity contribution in [2.45, 2.75) is 70.4 Å². The first-order valence-corrected chi connectivity index (χ1v) is 15.2. The van der Waals surface area contributed by atoms with Gasteiger partial charge < -0.3 is 30.9 Å². The first-order chi connectivity index (χ1) is 20.4. The van der Waals surface area contributed by atoms with Gasteiger partial charge in [-0.2, -0.15) is 0 Å². The highest BCUT2D eigenvalue weighted by Gasteiger charge is 2.65. The van der Waals surface area contributed by atoms with Gasteiger partial charge in [-0.15, -0.1) is 0 Å². The molecule has 0 aliphatic heterocycles. The van der Waals surface area contributed by atoms with Crippen molar-refractivity contribution in [2.75, 3.05) is 12.3 Å². The lowest BCUT2D eigenvalue weighted by atomic mass is 9.47. The number of anilines is 1. The number of aliphatic hydroxyl groups is 3. The SMILES string of the molecule is C[C@]12C[C@H](O)[C@H]3[C@@H](CCC4=CC(=O)C=C[C@@]43C)[C@@H]1C[C@@](O[C@H](O)c1ccc(Cc3cccc(N)c3)c(O)c1)(C(=O)CO)C2. The number of benzene rings is 2. The molecule has 0 amide bonds. The quantitative estimate of drug-likeness (QED) is 0.240. The van der Waals surface area contributed by atoms with Crippen molar-refractivity contribution in [3.8, 4) is 5.75 Å². The zero-order chi connectivity index (χ0) is 30.7. The molecule has 3 saturated carbocycles. The zero-order valence-corrected chi connectivity index (χ0v) is 24.7. The number of hydrogen-bond acceptors (Lipinski definition) is 8. The van der Waals surface area contributed by atoms with Crippen LogP contribution < -0.4 is 5.73 Å². The summed E-state index contributed by atoms with van der Waals surface area (Å²) in [5.74, 6) is -0.590. The zero-order valence-electron chi connectivity index (χ0n) is 24.7. The summed E-state index contributed by atoms with van der Waals surface area (Å²) >= 11 is 0. The van der Waals surface area contributed by atoms with E-state index < -0.39 is 41.2 Å². The number of ether oxygens (including phenoxy) is 1. The van der Waals surface area contributed by atoms with Gasteiger partial charge >= 0.3 is 0 Å². The number of nitrogen functional groups attached to an aromatic ring is 1. The van der Waals surface area contributed by atoms with Crippen molar-refractivity contribution in [3.05, 3.63) is 83.0 Å². The van der Waals surface area contributed by atoms with Gasteiger partial charge in [0.15, 0.2) is 17.9 Å². The van der Waals surface area contributed by atoms with E-state index >= 15 is 0 Å². The number of fused-ring (bicyclic) bond motifs is 5. The van der Waals surface area contributed by atoms with Crippen molar-refractivity contribution in [1.82, 2.24) is 0 Å². The van der Waals surface area contributed by atoms with Crippen LogP contribution in [0.5, 0.6) is 5.75 Å². The van der Waals surface area contributed by atoms with Gasteiger partial charge in [-0.3, -0.25) is 9.59 Å². The molecule has 43 heavy (non-hydrogen) atoms. The fourth-order valence-electron chi connectivity index (χ4n) is 9.04. The Balaban J connectivity index is 1.26. The number of phenolic OH excluding ortho intramolecular Hbond substituents is 1. The molecule has 8 heteroatoms. The smallest absolute Gasteiger partial charge is 0.190 e. The lowest BCUT2D eigenvalue weighted by molar-refractivity contribution is -0.198. The number of hydrogen-bond donors (Lipinski definition) is 5. The van der Waals surface area contributed by atoms with E-state index in [1.165, 1.54) is 6.07 Å². The van der Waals surface area contributed by atoms with Gasteiger partial charge in [0.05, 0.1) is 6.10 Å². The van der Waals surface area contributed by atoms with Gasteiger partial charge in [0.1, 0.15) is 18.0 Å². The summed E-state index contributed by atoms with van der Waals surface area (Å²) in [6.45, 7) is 3.44. The number of rotatable bonds is 7. The van der Waals surface area contributed by atoms with Crippen molar-refractivity contribution in [1.29, 1.82) is 0 Å². The first-order valence-electron chi connectivity index (χ1n) is 15.2. The largest absolute Gasteiger partial charge is 0.508 e. The second-order valence-corrected chi connectivity index (χ2v) is 13.7. The Morgan fingerprint density at radius 3 is 2.67 bits per heavy atom. The Hall–Kier alpha value is -3.30. The molecule has 2 aromatic rings. The maximum Gasteiger partial charge on any atom is 0.190 e. The molecule has 4 aliphatic carbocycles. The summed E-state index contributed by atoms with van der Waals surface area (Å²) in [6.07, 6.45) is 6.06. The van der Waals surface area contributed by atoms with Gasteiger partial charge in [-0.05, 0) is 90.8 Å². The molecule has 0 bridgehead atoms. The third-order valence-corrected chi connectivity index (χ3v) is 11.0. The summed E-state index contributed by atoms with van der Waals surface area (Å²) in [4.78, 5) is 25.6. The number of aromatic hydroxyl groups is 1. The Bertz CT molecular complexity index is 1520. The number of allylic oxidation sites excluding steroid dienone is 4. The van der Waals surface area contributed by atoms with E-state index in [1.54, 1.807) is 30.4 Å². The number of ketones is 2. The Kier molecular flexibility index (Phi) is 7.40. The normalized spacial score (nSPS) is 35.5. The third kappa shape index (κ3) is 5.04. The molecule has 4 aliphatic rings. The molecule has 2 aromatic carbocycles. The van der Waals surface area contributed by atoms with E-state index in [9.17, 15) is 30.0 Å². The highest BCUT2D eigenvalue weighted by atomic mass is 16.6. The molecule has 6 rings (SSSR count). The predicted molar refractivity (Wildman–Crippen MR) is 161 cm³/mol. The fourth-order valence-corrected chi connectivity index (χ4v) is 9.04. The van der Waals surface area contributed by atoms with E-state index in [2.05, 4.69) is 13.8 Å². The number of carbonyl (C=O) groups excluding carboxylic acids is 2. The van der Waals surface area contributed by atoms with E-state index in [4.69, 9.17) is 10.5 Å². The lowest BCUT2D eigenvalue weighted by Gasteiger charge is -2.57. The average Bonchev–Trinajstić information content (AvgIpc) is 3.26. The minimum atomic E-state index is -1.52. The topological polar surface area (TPSA) is 150 Å². The van der Waals surface area contributed by atoms with Crippen LogP contribution in [0.2, 0.25) is 0 Å². The van der Waals surface area contributed by atoms with Gasteiger partial charge in [0.2, 0.25) is 0 Å². The number of aliphatic hydroxyl groups excluding tert-OH is 3. The van der Waals surface area contributed by atoms with Gasteiger partial charge in [-0.25, -0.2) is 0 Å². The van der Waals surface area contributed by atoms with E-state index in [1.807, 2.05) is 24.3 Å². The second-order valence-electron chi connectivity index (χ2n) is 13.7. The molecule has 8 nitrogen and oxygen atoms in total. The van der Waals surface area contributed by atoms with Crippen LogP contribution in [0.15, 0.2) is 66.3 Å². The molecule has 0 spiro atoms. The molecular formula is C35H41NO7. The average molecular weight is 588 g/mol. The summed E-state index contributed by atoms with van der Waals surface area (Å²) < 4.78 is 6.25. The van der Waals surface area contributed by atoms with Gasteiger partial charge in [0, 0.05) is 29.0 Å². The summed E-state index contributed by atoms with van der Waals surface area (Å²) in [5, 5.41) is 43.7. The highest BCUT2D eigenvalue weighted by molar-refractivity contribution is 6.01. The molecule has 0 saturated heterocycles. The van der Waals surface area contributed by atoms with Crippen molar-refractivity contribution in [2.24, 2.45) is 28.6 Å². The molecular weight excluding hydrogens is 546 g/mol. The number of Topliss-reactive ketones (excluding diaryl/α,β-unsaturated/α-hetero) is 1. The Labute approximate surface area is 251 Å². The summed E-state index contributed by atoms with van der Waals surface area (Å²) in [5.41, 5.74) is 7.09. The minimum Gasteiger partial charge on any atom is -0.508 e. The lowest BCUT2D eigenvalue weighted by Crippen LogP contribution is -2.54. The number of carbonyl (C=O) groups is 2. The molecule has 228 valence electrons. The highest BCUT2D eigenvalue weighted by Crippen LogP contribution is 2.67. The molecule has 3 fully saturated rings. The van der Waals surface area contributed by atoms with Crippen LogP contribution in [0.1, 0.15) is 68.9 Å². The molecule has 0 unspecified atom stereocenters. The van der Waals surface area contributed by atoms with Crippen LogP contribution in [0.3, 0.4) is 0 Å². The molecule has 0 radical (unpaired) electrons. The van der Waals surface area contributed by atoms with E-state index in [-0.39, 0.29) is 35.7 Å². The monoisotopic (exact) mass is 587 g/mol. The third-order valence-electron chi connectivity index (χ3n) is 11.0. The maximum atomic E-state index is 13.4. The van der Waals surface area contributed by atoms with Crippen LogP contribution in [0, 0.1) is 28.6 Å². The Morgan fingerprint density at radius 1 is 1.16 bits per heavy atom. The van der Waals surface area contributed by atoms with E-state index in [0.29, 0.717) is 36.1 Å². The van der Waals surface area contributed by atoms with Crippen molar-refractivity contribution in [3.63, 3.8) is 0 Å². The van der Waals surface area contributed by atoms with Crippen molar-refractivity contribution < 1.29 is 34.8 Å². The molecule has 8 atom stereocenters. The number of phenols is 1. The predicted octanol–water partition coefficient (Wildman–Crippen LogP) is 4.15. The van der Waals surface area contributed by atoms with Crippen LogP contribution in [-0.2, 0) is 20.7 Å². The second kappa shape index (κ2) is 10.7. The van der Waals surface area contributed by atoms with E-state index in [0.717, 1.165) is 24.0 Å². The summed E-state index contributed by atoms with van der Waals surface area (Å²) in [7, 11) is 0. The van der Waals surface area contributed by atoms with Crippen LogP contribution in [0.25, 0.3) is 0 Å². The van der Waals surface area contributed by atoms with Gasteiger partial charge in [-0.1, -0.05) is 49.8 Å². The molecule has 0 heterocycles. The summed E-state index contributed by atoms with van der Waals surface area (Å²) in [6, 6.07) is 12.2. The standard InChI is InChI=1S/C35H41NO7/c1-33-17-29(40)31-26(9-8-23-15-25(38)10-11-34(23,31)2)27(33)16-35(19-33,30(41)18-37)43-32(42)22-7-6-21(28(39)14-22)12-20-4-3-5-24(36)13-20/h3-7,10-11,13-15,26-27,29,31-32,37,39-40,42H,8-9,12,16-19,36H2,1-2H3/t26-,27-,29-,31+,32-,33+,34-,35-/m0/s1. The van der Waals surface area contributed by atoms with Crippen LogP contribution in [0.4, 0.5) is 5.69 Å². The minimum absolute atomic E-state index is 0.00194. The molecule has 6 N–H and O–H groups in total. The number of nitrogens with two attached hydrogens (primary N) is 1. The Morgan fingerprint density at radius 2 is 1.95 bits per heavy atom. The first kappa shape index (κ1) is 29.8. The van der Waals surface area contributed by atoms with Crippen molar-refractivity contribution >= 4 is 17.3 Å². The van der Waals surface area contributed by atoms with Crippen LogP contribution >= 0.6 is 0 Å². The van der Waals surface area contributed by atoms with Gasteiger partial charge in [0.25, 0.3) is 0 Å². The fraction of sp³-hybridized carbons (Fsp3) is 0.486. The maximum absolute atomic E-state index is 13.4. The molecule has 0 aromatic heterocycles.